The van der Waals surface area contributed by atoms with Crippen molar-refractivity contribution < 1.29 is 4.92 Å². The van der Waals surface area contributed by atoms with Crippen molar-refractivity contribution in [3.63, 3.8) is 0 Å². The molecule has 3 rings (SSSR count). The first-order valence-corrected chi connectivity index (χ1v) is 8.45. The van der Waals surface area contributed by atoms with Crippen LogP contribution in [0.5, 0.6) is 0 Å². The van der Waals surface area contributed by atoms with Gasteiger partial charge in [-0.2, -0.15) is 5.10 Å². The van der Waals surface area contributed by atoms with Crippen LogP contribution in [0.15, 0.2) is 23.3 Å². The molecule has 0 amide bonds. The van der Waals surface area contributed by atoms with Gasteiger partial charge < -0.3 is 10.7 Å². The number of halogens is 2. The molecule has 1 aliphatic rings. The average Bonchev–Trinajstić information content (AvgIpc) is 2.94. The van der Waals surface area contributed by atoms with Gasteiger partial charge in [0.15, 0.2) is 5.82 Å². The van der Waals surface area contributed by atoms with Crippen LogP contribution in [0.2, 0.25) is 0 Å². The smallest absolute Gasteiger partial charge is 0.293 e. The Bertz CT molecular complexity index is 834. The summed E-state index contributed by atoms with van der Waals surface area (Å²) in [6.45, 7) is 5.60. The molecule has 0 saturated carbocycles. The van der Waals surface area contributed by atoms with Crippen LogP contribution < -0.4 is 16.2 Å². The fourth-order valence-electron chi connectivity index (χ4n) is 2.89. The third-order valence-corrected chi connectivity index (χ3v) is 4.56. The number of hydrogen-bond acceptors (Lipinski definition) is 8. The molecular weight excluding hydrogens is 407 g/mol. The number of nitrogen functional groups attached to an aromatic ring is 1. The molecule has 0 unspecified atom stereocenters. The third-order valence-electron chi connectivity index (χ3n) is 4.56. The summed E-state index contributed by atoms with van der Waals surface area (Å²) in [6.07, 6.45) is 3.58. The van der Waals surface area contributed by atoms with Crippen molar-refractivity contribution in [2.75, 3.05) is 29.3 Å². The minimum Gasteiger partial charge on any atom is -0.366 e. The van der Waals surface area contributed by atoms with Gasteiger partial charge in [0.25, 0.3) is 11.6 Å². The Morgan fingerprint density at radius 2 is 2.00 bits per heavy atom. The lowest BCUT2D eigenvalue weighted by molar-refractivity contribution is -0.384. The second-order valence-electron chi connectivity index (χ2n) is 6.49. The van der Waals surface area contributed by atoms with Crippen molar-refractivity contribution in [2.24, 2.45) is 11.0 Å². The fourth-order valence-corrected chi connectivity index (χ4v) is 2.89. The van der Waals surface area contributed by atoms with E-state index in [1.165, 1.54) is 17.0 Å². The Labute approximate surface area is 175 Å². The van der Waals surface area contributed by atoms with Gasteiger partial charge in [-0.15, -0.1) is 35.0 Å². The van der Waals surface area contributed by atoms with Crippen molar-refractivity contribution in [2.45, 2.75) is 26.7 Å². The number of aryl methyl sites for hydroxylation is 1. The standard InChI is InChI=1S/C16H22N8O2.2ClH/c1-11-5-7-22(8-6-11)14-4-3-13(9-15(14)24(25)26)10-18-20-16-21-19-12(2)23(16)17;;/h3-4,9-11H,5-8,17H2,1-2H3,(H,20,21);2*1H. The number of nitrogens with zero attached hydrogens (tertiary/aromatic N) is 6. The van der Waals surface area contributed by atoms with Gasteiger partial charge >= 0.3 is 0 Å². The van der Waals surface area contributed by atoms with E-state index in [1.807, 2.05) is 6.07 Å². The fraction of sp³-hybridized carbons (Fsp3) is 0.438. The first-order chi connectivity index (χ1) is 12.5. The van der Waals surface area contributed by atoms with Gasteiger partial charge in [0.2, 0.25) is 0 Å². The van der Waals surface area contributed by atoms with E-state index >= 15 is 0 Å². The van der Waals surface area contributed by atoms with Crippen LogP contribution in [0.4, 0.5) is 17.3 Å². The van der Waals surface area contributed by atoms with E-state index in [0.29, 0.717) is 23.0 Å². The Morgan fingerprint density at radius 1 is 1.32 bits per heavy atom. The van der Waals surface area contributed by atoms with Crippen LogP contribution >= 0.6 is 24.8 Å². The van der Waals surface area contributed by atoms with E-state index in [2.05, 4.69) is 32.5 Å². The SMILES string of the molecule is Cc1nnc(NN=Cc2ccc(N3CCC(C)CC3)c([N+](=O)[O-])c2)n1N.Cl.Cl. The Hall–Kier alpha value is -2.59. The highest BCUT2D eigenvalue weighted by molar-refractivity contribution is 5.85. The monoisotopic (exact) mass is 430 g/mol. The number of benzene rings is 1. The molecule has 1 saturated heterocycles. The molecule has 3 N–H and O–H groups in total. The number of aromatic nitrogens is 3. The number of nitrogens with one attached hydrogen (secondary N) is 1. The zero-order valence-electron chi connectivity index (χ0n) is 15.6. The molecule has 154 valence electrons. The van der Waals surface area contributed by atoms with E-state index in [-0.39, 0.29) is 41.4 Å². The molecule has 0 bridgehead atoms. The topological polar surface area (TPSA) is 128 Å². The molecule has 1 aromatic carbocycles. The summed E-state index contributed by atoms with van der Waals surface area (Å²) in [5, 5.41) is 23.2. The normalized spacial score (nSPS) is 14.4. The van der Waals surface area contributed by atoms with Gasteiger partial charge in [-0.3, -0.25) is 10.1 Å². The molecule has 2 heterocycles. The molecule has 10 nitrogen and oxygen atoms in total. The summed E-state index contributed by atoms with van der Waals surface area (Å²) in [5.74, 6) is 7.21. The van der Waals surface area contributed by atoms with Crippen LogP contribution in [-0.2, 0) is 0 Å². The number of nitrogens with two attached hydrogens (primary N) is 1. The maximum absolute atomic E-state index is 11.5. The lowest BCUT2D eigenvalue weighted by Crippen LogP contribution is -2.33. The molecule has 0 spiro atoms. The highest BCUT2D eigenvalue weighted by atomic mass is 35.5. The second-order valence-corrected chi connectivity index (χ2v) is 6.49. The molecule has 1 aromatic heterocycles. The van der Waals surface area contributed by atoms with Crippen LogP contribution in [0.1, 0.15) is 31.2 Å². The molecule has 0 atom stereocenters. The van der Waals surface area contributed by atoms with Crippen molar-refractivity contribution in [1.29, 1.82) is 0 Å². The quantitative estimate of drug-likeness (QED) is 0.322. The highest BCUT2D eigenvalue weighted by Gasteiger charge is 2.23. The number of nitro benzene ring substituents is 1. The van der Waals surface area contributed by atoms with Crippen LogP contribution in [0.25, 0.3) is 0 Å². The predicted octanol–water partition coefficient (Wildman–Crippen LogP) is 2.73. The van der Waals surface area contributed by atoms with Gasteiger partial charge in [0, 0.05) is 24.7 Å². The zero-order valence-corrected chi connectivity index (χ0v) is 17.2. The summed E-state index contributed by atoms with van der Waals surface area (Å²) < 4.78 is 1.26. The molecular formula is C16H24Cl2N8O2. The maximum Gasteiger partial charge on any atom is 0.293 e. The largest absolute Gasteiger partial charge is 0.366 e. The van der Waals surface area contributed by atoms with Crippen molar-refractivity contribution in [3.8, 4) is 0 Å². The first-order valence-electron chi connectivity index (χ1n) is 8.45. The Morgan fingerprint density at radius 3 is 2.57 bits per heavy atom. The lowest BCUT2D eigenvalue weighted by atomic mass is 9.98. The molecule has 1 aliphatic heterocycles. The zero-order chi connectivity index (χ0) is 18.7. The average molecular weight is 431 g/mol. The first kappa shape index (κ1) is 23.4. The van der Waals surface area contributed by atoms with Gasteiger partial charge in [-0.05, 0) is 31.7 Å². The summed E-state index contributed by atoms with van der Waals surface area (Å²) in [4.78, 5) is 13.2. The number of piperidine rings is 1. The molecule has 12 heteroatoms. The lowest BCUT2D eigenvalue weighted by Gasteiger charge is -2.31. The maximum atomic E-state index is 11.5. The number of hydrogen-bond donors (Lipinski definition) is 2. The van der Waals surface area contributed by atoms with Gasteiger partial charge in [-0.25, -0.2) is 10.1 Å². The van der Waals surface area contributed by atoms with Crippen LogP contribution in [0.3, 0.4) is 0 Å². The Kier molecular flexibility index (Phi) is 8.45. The predicted molar refractivity (Wildman–Crippen MR) is 114 cm³/mol. The summed E-state index contributed by atoms with van der Waals surface area (Å²) in [6, 6.07) is 5.12. The van der Waals surface area contributed by atoms with Crippen LogP contribution in [-0.4, -0.2) is 39.1 Å². The van der Waals surface area contributed by atoms with E-state index in [4.69, 9.17) is 5.84 Å². The third kappa shape index (κ3) is 5.23. The molecule has 1 fully saturated rings. The number of anilines is 2. The molecule has 2 aromatic rings. The number of hydrazone groups is 1. The van der Waals surface area contributed by atoms with Crippen LogP contribution in [0, 0.1) is 23.0 Å². The van der Waals surface area contributed by atoms with Gasteiger partial charge in [0.1, 0.15) is 5.69 Å². The van der Waals surface area contributed by atoms with E-state index < -0.39 is 0 Å². The summed E-state index contributed by atoms with van der Waals surface area (Å²) >= 11 is 0. The number of rotatable bonds is 5. The molecule has 0 radical (unpaired) electrons. The van der Waals surface area contributed by atoms with E-state index in [9.17, 15) is 10.1 Å². The summed E-state index contributed by atoms with van der Waals surface area (Å²) in [7, 11) is 0. The summed E-state index contributed by atoms with van der Waals surface area (Å²) in [5.41, 5.74) is 4.02. The van der Waals surface area contributed by atoms with Gasteiger partial charge in [0.05, 0.1) is 11.1 Å². The van der Waals surface area contributed by atoms with E-state index in [1.54, 1.807) is 13.0 Å². The highest BCUT2D eigenvalue weighted by Crippen LogP contribution is 2.32. The number of nitro groups is 1. The van der Waals surface area contributed by atoms with Crippen molar-refractivity contribution in [3.05, 3.63) is 39.7 Å². The minimum absolute atomic E-state index is 0. The van der Waals surface area contributed by atoms with Crippen molar-refractivity contribution in [1.82, 2.24) is 14.9 Å². The van der Waals surface area contributed by atoms with E-state index in [0.717, 1.165) is 25.9 Å². The molecule has 0 aliphatic carbocycles. The van der Waals surface area contributed by atoms with Gasteiger partial charge in [-0.1, -0.05) is 13.0 Å². The van der Waals surface area contributed by atoms with Crippen molar-refractivity contribution >= 4 is 48.4 Å². The Balaban J connectivity index is 0.00000196. The second kappa shape index (κ2) is 10.1. The molecule has 28 heavy (non-hydrogen) atoms. The minimum atomic E-state index is -0.349.